The summed E-state index contributed by atoms with van der Waals surface area (Å²) in [5.74, 6) is 0.734. The molecule has 0 saturated carbocycles. The fourth-order valence-corrected chi connectivity index (χ4v) is 1.38. The minimum absolute atomic E-state index is 0.0831. The summed E-state index contributed by atoms with van der Waals surface area (Å²) in [4.78, 5) is 11.1. The van der Waals surface area contributed by atoms with Crippen molar-refractivity contribution in [1.29, 1.82) is 0 Å². The third kappa shape index (κ3) is 4.33. The van der Waals surface area contributed by atoms with Gasteiger partial charge < -0.3 is 10.1 Å². The number of methoxy groups -OCH3 is 1. The minimum Gasteiger partial charge on any atom is -0.497 e. The van der Waals surface area contributed by atoms with Crippen molar-refractivity contribution >= 4 is 28.5 Å². The summed E-state index contributed by atoms with van der Waals surface area (Å²) in [6, 6.07) is 7.59. The first-order valence-corrected chi connectivity index (χ1v) is 5.68. The first-order valence-electron chi connectivity index (χ1n) is 4.44. The second-order valence-corrected chi connectivity index (χ2v) is 3.58. The van der Waals surface area contributed by atoms with Gasteiger partial charge in [-0.25, -0.2) is 0 Å². The zero-order valence-corrected chi connectivity index (χ0v) is 10.5. The normalized spacial score (nSPS) is 10.3. The fraction of sp³-hybridized carbons (Fsp3) is 0.182. The molecular weight excluding hydrogens is 305 g/mol. The molecule has 1 amide bonds. The van der Waals surface area contributed by atoms with Crippen LogP contribution in [0.15, 0.2) is 34.4 Å². The lowest BCUT2D eigenvalue weighted by molar-refractivity contribution is -0.116. The van der Waals surface area contributed by atoms with E-state index in [0.29, 0.717) is 6.54 Å². The molecule has 0 radical (unpaired) electrons. The molecule has 0 unspecified atom stereocenters. The van der Waals surface area contributed by atoms with E-state index < -0.39 is 0 Å². The average molecular weight is 317 g/mol. The summed E-state index contributed by atoms with van der Waals surface area (Å²) in [6.45, 7) is 0.532. The van der Waals surface area contributed by atoms with Crippen molar-refractivity contribution in [3.8, 4) is 5.75 Å². The number of hydrogen-bond donors (Lipinski definition) is 1. The molecule has 0 aliphatic carbocycles. The van der Waals surface area contributed by atoms with Gasteiger partial charge in [0.05, 0.1) is 7.11 Å². The summed E-state index contributed by atoms with van der Waals surface area (Å²) in [7, 11) is 1.63. The van der Waals surface area contributed by atoms with Crippen LogP contribution in [0, 0.1) is 0 Å². The highest BCUT2D eigenvalue weighted by molar-refractivity contribution is 14.1. The first kappa shape index (κ1) is 12.0. The van der Waals surface area contributed by atoms with Crippen molar-refractivity contribution in [3.63, 3.8) is 0 Å². The second kappa shape index (κ2) is 6.44. The fourth-order valence-electron chi connectivity index (χ4n) is 1.05. The molecule has 80 valence electrons. The Morgan fingerprint density at radius 3 is 2.67 bits per heavy atom. The Morgan fingerprint density at radius 2 is 2.13 bits per heavy atom. The molecule has 0 fully saturated rings. The van der Waals surface area contributed by atoms with Crippen LogP contribution >= 0.6 is 22.6 Å². The molecule has 1 rings (SSSR count). The Labute approximate surface area is 103 Å². The Bertz CT molecular complexity index is 346. The van der Waals surface area contributed by atoms with E-state index in [2.05, 4.69) is 5.32 Å². The number of nitrogens with one attached hydrogen (secondary N) is 1. The molecule has 1 aromatic rings. The molecule has 0 bridgehead atoms. The molecule has 0 aliphatic rings. The van der Waals surface area contributed by atoms with Gasteiger partial charge in [-0.3, -0.25) is 4.79 Å². The van der Waals surface area contributed by atoms with E-state index in [0.717, 1.165) is 11.3 Å². The Hall–Kier alpha value is -1.04. The highest BCUT2D eigenvalue weighted by atomic mass is 127. The molecule has 0 aliphatic heterocycles. The number of halogens is 1. The molecule has 4 heteroatoms. The standard InChI is InChI=1S/C11H12INO2/c1-15-10-4-2-9(3-5-10)8-13-11(14)6-7-12/h2-7H,8H2,1H3,(H,13,14)/b7-6+. The predicted molar refractivity (Wildman–Crippen MR) is 68.0 cm³/mol. The predicted octanol–water partition coefficient (Wildman–Crippen LogP) is 2.26. The van der Waals surface area contributed by atoms with Crippen molar-refractivity contribution < 1.29 is 9.53 Å². The number of hydrogen-bond acceptors (Lipinski definition) is 2. The van der Waals surface area contributed by atoms with Gasteiger partial charge >= 0.3 is 0 Å². The van der Waals surface area contributed by atoms with Gasteiger partial charge in [-0.1, -0.05) is 34.7 Å². The zero-order valence-electron chi connectivity index (χ0n) is 8.37. The highest BCUT2D eigenvalue weighted by Crippen LogP contribution is 2.10. The van der Waals surface area contributed by atoms with E-state index in [9.17, 15) is 4.79 Å². The summed E-state index contributed by atoms with van der Waals surface area (Å²) in [6.07, 6.45) is 1.49. The monoisotopic (exact) mass is 317 g/mol. The maximum Gasteiger partial charge on any atom is 0.244 e. The van der Waals surface area contributed by atoms with Crippen molar-refractivity contribution in [3.05, 3.63) is 40.0 Å². The zero-order chi connectivity index (χ0) is 11.1. The van der Waals surface area contributed by atoms with Crippen LogP contribution in [0.3, 0.4) is 0 Å². The Kier molecular flexibility index (Phi) is 5.17. The smallest absolute Gasteiger partial charge is 0.244 e. The van der Waals surface area contributed by atoms with Crippen LogP contribution in [-0.4, -0.2) is 13.0 Å². The largest absolute Gasteiger partial charge is 0.497 e. The molecule has 0 atom stereocenters. The van der Waals surface area contributed by atoms with Crippen LogP contribution in [0.5, 0.6) is 5.75 Å². The van der Waals surface area contributed by atoms with E-state index in [-0.39, 0.29) is 5.91 Å². The van der Waals surface area contributed by atoms with Gasteiger partial charge in [0.25, 0.3) is 0 Å². The molecular formula is C11H12INO2. The van der Waals surface area contributed by atoms with E-state index in [1.165, 1.54) is 6.08 Å². The Balaban J connectivity index is 2.47. The maximum absolute atomic E-state index is 11.1. The van der Waals surface area contributed by atoms with Gasteiger partial charge in [0, 0.05) is 12.6 Å². The van der Waals surface area contributed by atoms with Crippen molar-refractivity contribution in [1.82, 2.24) is 5.32 Å². The topological polar surface area (TPSA) is 38.3 Å². The summed E-state index contributed by atoms with van der Waals surface area (Å²) >= 11 is 2.01. The van der Waals surface area contributed by atoms with Crippen molar-refractivity contribution in [2.75, 3.05) is 7.11 Å². The molecule has 1 N–H and O–H groups in total. The van der Waals surface area contributed by atoms with Gasteiger partial charge in [0.1, 0.15) is 5.75 Å². The van der Waals surface area contributed by atoms with Crippen molar-refractivity contribution in [2.24, 2.45) is 0 Å². The lowest BCUT2D eigenvalue weighted by Gasteiger charge is -2.03. The van der Waals surface area contributed by atoms with E-state index >= 15 is 0 Å². The molecule has 1 aromatic carbocycles. The number of rotatable bonds is 4. The van der Waals surface area contributed by atoms with Gasteiger partial charge in [0.2, 0.25) is 5.91 Å². The third-order valence-corrected chi connectivity index (χ3v) is 2.20. The van der Waals surface area contributed by atoms with E-state index in [1.54, 1.807) is 11.2 Å². The molecule has 0 aromatic heterocycles. The second-order valence-electron chi connectivity index (χ2n) is 2.86. The number of benzene rings is 1. The van der Waals surface area contributed by atoms with Gasteiger partial charge in [0.15, 0.2) is 0 Å². The molecule has 15 heavy (non-hydrogen) atoms. The quantitative estimate of drug-likeness (QED) is 0.683. The number of ether oxygens (including phenoxy) is 1. The third-order valence-electron chi connectivity index (χ3n) is 1.84. The molecule has 0 heterocycles. The van der Waals surface area contributed by atoms with Crippen LogP contribution in [0.25, 0.3) is 0 Å². The van der Waals surface area contributed by atoms with Gasteiger partial charge in [-0.15, -0.1) is 0 Å². The van der Waals surface area contributed by atoms with Crippen LogP contribution in [0.4, 0.5) is 0 Å². The molecule has 0 spiro atoms. The molecule has 0 saturated heterocycles. The summed E-state index contributed by atoms with van der Waals surface area (Å²) in [5, 5.41) is 2.77. The van der Waals surface area contributed by atoms with Crippen LogP contribution in [-0.2, 0) is 11.3 Å². The Morgan fingerprint density at radius 1 is 1.47 bits per heavy atom. The van der Waals surface area contributed by atoms with Crippen LogP contribution < -0.4 is 10.1 Å². The summed E-state index contributed by atoms with van der Waals surface area (Å²) in [5.41, 5.74) is 1.05. The number of carbonyl (C=O) groups is 1. The first-order chi connectivity index (χ1) is 7.26. The lowest BCUT2D eigenvalue weighted by atomic mass is 10.2. The lowest BCUT2D eigenvalue weighted by Crippen LogP contribution is -2.19. The SMILES string of the molecule is COc1ccc(CNC(=O)/C=C/I)cc1. The van der Waals surface area contributed by atoms with Gasteiger partial charge in [-0.05, 0) is 21.8 Å². The number of carbonyl (C=O) groups excluding carboxylic acids is 1. The van der Waals surface area contributed by atoms with Crippen LogP contribution in [0.2, 0.25) is 0 Å². The van der Waals surface area contributed by atoms with E-state index in [4.69, 9.17) is 4.74 Å². The number of amides is 1. The maximum atomic E-state index is 11.1. The molecule has 3 nitrogen and oxygen atoms in total. The minimum atomic E-state index is -0.0831. The van der Waals surface area contributed by atoms with E-state index in [1.807, 2.05) is 46.9 Å². The van der Waals surface area contributed by atoms with Gasteiger partial charge in [-0.2, -0.15) is 0 Å². The summed E-state index contributed by atoms with van der Waals surface area (Å²) < 4.78 is 6.72. The highest BCUT2D eigenvalue weighted by Gasteiger charge is 1.96. The van der Waals surface area contributed by atoms with Crippen LogP contribution in [0.1, 0.15) is 5.56 Å². The van der Waals surface area contributed by atoms with Crippen molar-refractivity contribution in [2.45, 2.75) is 6.54 Å². The average Bonchev–Trinajstić information content (AvgIpc) is 2.27.